The molecule has 1 atom stereocenters. The lowest BCUT2D eigenvalue weighted by Crippen LogP contribution is -2.06. The zero-order chi connectivity index (χ0) is 16.5. The average Bonchev–Trinajstić information content (AvgIpc) is 2.53. The Balaban J connectivity index is 3.18. The number of hydrogen-bond donors (Lipinski definition) is 0. The van der Waals surface area contributed by atoms with Crippen LogP contribution in [-0.4, -0.2) is 17.4 Å². The van der Waals surface area contributed by atoms with Gasteiger partial charge in [0, 0.05) is 11.2 Å². The summed E-state index contributed by atoms with van der Waals surface area (Å²) in [5, 5.41) is 0. The highest BCUT2D eigenvalue weighted by Crippen LogP contribution is 2.14. The number of carbonyl (C=O) groups is 1. The normalized spacial score (nSPS) is 12.3. The van der Waals surface area contributed by atoms with Gasteiger partial charge in [0.25, 0.3) is 0 Å². The fourth-order valence-electron chi connectivity index (χ4n) is 2.51. The van der Waals surface area contributed by atoms with E-state index < -0.39 is 0 Å². The molecule has 22 heavy (non-hydrogen) atoms. The summed E-state index contributed by atoms with van der Waals surface area (Å²) in [5.74, 6) is -0.0119. The Bertz CT molecular complexity index is 244. The standard InChI is InChI=1S/C19H37BrO2/c1-3-5-6-7-8-9-10-11-14-17-22-19(21)16-13-12-15-18(20)4-2/h18H,3-17H2,1-2H3. The highest BCUT2D eigenvalue weighted by molar-refractivity contribution is 9.09. The minimum Gasteiger partial charge on any atom is -0.466 e. The average molecular weight is 377 g/mol. The molecule has 0 bridgehead atoms. The summed E-state index contributed by atoms with van der Waals surface area (Å²) in [6.45, 7) is 5.05. The van der Waals surface area contributed by atoms with Crippen LogP contribution in [0.2, 0.25) is 0 Å². The molecule has 0 aliphatic carbocycles. The Morgan fingerprint density at radius 3 is 2.05 bits per heavy atom. The Morgan fingerprint density at radius 1 is 0.864 bits per heavy atom. The maximum Gasteiger partial charge on any atom is 0.305 e. The molecule has 1 unspecified atom stereocenters. The molecule has 0 aromatic heterocycles. The van der Waals surface area contributed by atoms with Crippen LogP contribution in [0.3, 0.4) is 0 Å². The molecule has 0 aromatic carbocycles. The fraction of sp³-hybridized carbons (Fsp3) is 0.947. The summed E-state index contributed by atoms with van der Waals surface area (Å²) >= 11 is 3.62. The van der Waals surface area contributed by atoms with Crippen LogP contribution in [0.15, 0.2) is 0 Å². The second kappa shape index (κ2) is 17.3. The monoisotopic (exact) mass is 376 g/mol. The van der Waals surface area contributed by atoms with E-state index in [1.807, 2.05) is 0 Å². The fourth-order valence-corrected chi connectivity index (χ4v) is 2.83. The molecule has 0 amide bonds. The van der Waals surface area contributed by atoms with Gasteiger partial charge in [-0.25, -0.2) is 0 Å². The first kappa shape index (κ1) is 21.9. The number of esters is 1. The van der Waals surface area contributed by atoms with Crippen molar-refractivity contribution in [2.24, 2.45) is 0 Å². The smallest absolute Gasteiger partial charge is 0.305 e. The number of ether oxygens (including phenoxy) is 1. The van der Waals surface area contributed by atoms with Gasteiger partial charge in [-0.1, -0.05) is 87.6 Å². The van der Waals surface area contributed by atoms with Crippen LogP contribution >= 0.6 is 15.9 Å². The van der Waals surface area contributed by atoms with E-state index in [1.165, 1.54) is 51.4 Å². The third-order valence-corrected chi connectivity index (χ3v) is 5.21. The number of rotatable bonds is 16. The van der Waals surface area contributed by atoms with E-state index in [4.69, 9.17) is 4.74 Å². The van der Waals surface area contributed by atoms with Crippen LogP contribution in [-0.2, 0) is 9.53 Å². The molecule has 0 fully saturated rings. The minimum atomic E-state index is -0.0119. The van der Waals surface area contributed by atoms with Crippen molar-refractivity contribution >= 4 is 21.9 Å². The van der Waals surface area contributed by atoms with Crippen molar-refractivity contribution in [3.8, 4) is 0 Å². The number of halogens is 1. The van der Waals surface area contributed by atoms with E-state index in [9.17, 15) is 4.79 Å². The van der Waals surface area contributed by atoms with Gasteiger partial charge in [-0.3, -0.25) is 4.79 Å². The van der Waals surface area contributed by atoms with E-state index in [2.05, 4.69) is 29.8 Å². The molecule has 0 saturated carbocycles. The Labute approximate surface area is 146 Å². The van der Waals surface area contributed by atoms with Crippen molar-refractivity contribution in [2.75, 3.05) is 6.61 Å². The lowest BCUT2D eigenvalue weighted by molar-refractivity contribution is -0.143. The third kappa shape index (κ3) is 16.3. The van der Waals surface area contributed by atoms with E-state index in [0.717, 1.165) is 32.1 Å². The molecule has 0 N–H and O–H groups in total. The summed E-state index contributed by atoms with van der Waals surface area (Å²) < 4.78 is 5.28. The van der Waals surface area contributed by atoms with E-state index in [0.29, 0.717) is 17.9 Å². The first-order valence-corrected chi connectivity index (χ1v) is 10.4. The number of alkyl halides is 1. The van der Waals surface area contributed by atoms with Crippen molar-refractivity contribution in [1.29, 1.82) is 0 Å². The molecular formula is C19H37BrO2. The molecule has 0 radical (unpaired) electrons. The molecular weight excluding hydrogens is 340 g/mol. The second-order valence-corrected chi connectivity index (χ2v) is 7.60. The van der Waals surface area contributed by atoms with E-state index in [-0.39, 0.29) is 5.97 Å². The van der Waals surface area contributed by atoms with E-state index in [1.54, 1.807) is 0 Å². The van der Waals surface area contributed by atoms with Gasteiger partial charge in [0.2, 0.25) is 0 Å². The Morgan fingerprint density at radius 2 is 1.45 bits per heavy atom. The summed E-state index contributed by atoms with van der Waals surface area (Å²) in [6.07, 6.45) is 16.6. The van der Waals surface area contributed by atoms with Crippen LogP contribution < -0.4 is 0 Å². The van der Waals surface area contributed by atoms with Gasteiger partial charge in [0.15, 0.2) is 0 Å². The van der Waals surface area contributed by atoms with Gasteiger partial charge < -0.3 is 4.74 Å². The molecule has 0 rings (SSSR count). The molecule has 0 aliphatic rings. The molecule has 0 saturated heterocycles. The van der Waals surface area contributed by atoms with Gasteiger partial charge in [-0.2, -0.15) is 0 Å². The van der Waals surface area contributed by atoms with Crippen molar-refractivity contribution in [2.45, 2.75) is 109 Å². The Hall–Kier alpha value is -0.0500. The molecule has 132 valence electrons. The maximum absolute atomic E-state index is 11.6. The molecule has 0 aromatic rings. The Kier molecular flexibility index (Phi) is 17.3. The highest BCUT2D eigenvalue weighted by Gasteiger charge is 2.04. The maximum atomic E-state index is 11.6. The van der Waals surface area contributed by atoms with Gasteiger partial charge in [0.1, 0.15) is 0 Å². The van der Waals surface area contributed by atoms with Crippen molar-refractivity contribution < 1.29 is 9.53 Å². The summed E-state index contributed by atoms with van der Waals surface area (Å²) in [6, 6.07) is 0. The van der Waals surface area contributed by atoms with Crippen LogP contribution in [0.4, 0.5) is 0 Å². The van der Waals surface area contributed by atoms with Crippen LogP contribution in [0.25, 0.3) is 0 Å². The van der Waals surface area contributed by atoms with Gasteiger partial charge in [-0.15, -0.1) is 0 Å². The number of unbranched alkanes of at least 4 members (excludes halogenated alkanes) is 9. The first-order valence-electron chi connectivity index (χ1n) is 9.50. The molecule has 0 heterocycles. The number of carbonyl (C=O) groups excluding carboxylic acids is 1. The summed E-state index contributed by atoms with van der Waals surface area (Å²) in [5.41, 5.74) is 0. The largest absolute Gasteiger partial charge is 0.466 e. The zero-order valence-electron chi connectivity index (χ0n) is 14.9. The predicted molar refractivity (Wildman–Crippen MR) is 99.7 cm³/mol. The summed E-state index contributed by atoms with van der Waals surface area (Å²) in [4.78, 5) is 12.2. The third-order valence-electron chi connectivity index (χ3n) is 4.10. The molecule has 3 heteroatoms. The highest BCUT2D eigenvalue weighted by atomic mass is 79.9. The van der Waals surface area contributed by atoms with Crippen molar-refractivity contribution in [1.82, 2.24) is 0 Å². The topological polar surface area (TPSA) is 26.3 Å². The zero-order valence-corrected chi connectivity index (χ0v) is 16.5. The van der Waals surface area contributed by atoms with Crippen molar-refractivity contribution in [3.05, 3.63) is 0 Å². The second-order valence-electron chi connectivity index (χ2n) is 6.30. The lowest BCUT2D eigenvalue weighted by atomic mass is 10.1. The van der Waals surface area contributed by atoms with E-state index >= 15 is 0 Å². The SMILES string of the molecule is CCCCCCCCCCCOC(=O)CCCCC(Br)CC. The quantitative estimate of drug-likeness (QED) is 0.168. The number of hydrogen-bond acceptors (Lipinski definition) is 2. The van der Waals surface area contributed by atoms with Crippen LogP contribution in [0, 0.1) is 0 Å². The summed E-state index contributed by atoms with van der Waals surface area (Å²) in [7, 11) is 0. The van der Waals surface area contributed by atoms with Crippen molar-refractivity contribution in [3.63, 3.8) is 0 Å². The van der Waals surface area contributed by atoms with Gasteiger partial charge in [0.05, 0.1) is 6.61 Å². The minimum absolute atomic E-state index is 0.0119. The van der Waals surface area contributed by atoms with Crippen LogP contribution in [0.1, 0.15) is 104 Å². The first-order chi connectivity index (χ1) is 10.7. The lowest BCUT2D eigenvalue weighted by Gasteiger charge is -2.07. The molecule has 0 spiro atoms. The molecule has 2 nitrogen and oxygen atoms in total. The molecule has 0 aliphatic heterocycles. The van der Waals surface area contributed by atoms with Gasteiger partial charge >= 0.3 is 5.97 Å². The van der Waals surface area contributed by atoms with Gasteiger partial charge in [-0.05, 0) is 25.7 Å². The van der Waals surface area contributed by atoms with Crippen LogP contribution in [0.5, 0.6) is 0 Å². The predicted octanol–water partition coefficient (Wildman–Crippen LogP) is 6.79.